The van der Waals surface area contributed by atoms with E-state index >= 15 is 0 Å². The highest BCUT2D eigenvalue weighted by Gasteiger charge is 2.31. The molecule has 0 spiro atoms. The lowest BCUT2D eigenvalue weighted by atomic mass is 10.2. The SMILES string of the molecule is O=C(Nc1cc(Cl)cc(C(F)(F)F)c1)c1ccc(=O)[nH]n1. The van der Waals surface area contributed by atoms with Gasteiger partial charge in [0.15, 0.2) is 0 Å². The van der Waals surface area contributed by atoms with Crippen molar-refractivity contribution in [2.45, 2.75) is 6.18 Å². The predicted octanol–water partition coefficient (Wildman–Crippen LogP) is 2.69. The van der Waals surface area contributed by atoms with Crippen molar-refractivity contribution in [1.29, 1.82) is 0 Å². The van der Waals surface area contributed by atoms with Gasteiger partial charge in [-0.25, -0.2) is 5.10 Å². The van der Waals surface area contributed by atoms with Gasteiger partial charge in [0.1, 0.15) is 5.69 Å². The van der Waals surface area contributed by atoms with Crippen molar-refractivity contribution < 1.29 is 18.0 Å². The van der Waals surface area contributed by atoms with Gasteiger partial charge in [0.05, 0.1) is 5.56 Å². The molecule has 21 heavy (non-hydrogen) atoms. The van der Waals surface area contributed by atoms with Gasteiger partial charge in [0.2, 0.25) is 0 Å². The molecule has 5 nitrogen and oxygen atoms in total. The van der Waals surface area contributed by atoms with Gasteiger partial charge in [0.25, 0.3) is 11.5 Å². The van der Waals surface area contributed by atoms with Crippen LogP contribution in [0.15, 0.2) is 35.1 Å². The van der Waals surface area contributed by atoms with Crippen LogP contribution in [0.4, 0.5) is 18.9 Å². The second kappa shape index (κ2) is 5.57. The number of halogens is 4. The summed E-state index contributed by atoms with van der Waals surface area (Å²) in [6, 6.07) is 4.87. The Hall–Kier alpha value is -2.35. The molecular weight excluding hydrogens is 311 g/mol. The van der Waals surface area contributed by atoms with E-state index in [0.717, 1.165) is 24.3 Å². The standard InChI is InChI=1S/C12H7ClF3N3O2/c13-7-3-6(12(14,15)16)4-8(5-7)17-11(21)9-1-2-10(20)19-18-9/h1-5H,(H,17,21)(H,19,20). The molecule has 0 aliphatic heterocycles. The van der Waals surface area contributed by atoms with Crippen LogP contribution in [0.25, 0.3) is 0 Å². The second-order valence-electron chi connectivity index (χ2n) is 3.99. The van der Waals surface area contributed by atoms with Gasteiger partial charge in [-0.1, -0.05) is 11.6 Å². The van der Waals surface area contributed by atoms with E-state index in [1.165, 1.54) is 6.07 Å². The molecule has 1 heterocycles. The number of alkyl halides is 3. The van der Waals surface area contributed by atoms with Crippen molar-refractivity contribution in [3.8, 4) is 0 Å². The first-order valence-electron chi connectivity index (χ1n) is 5.50. The summed E-state index contributed by atoms with van der Waals surface area (Å²) in [4.78, 5) is 22.6. The number of hydrogen-bond acceptors (Lipinski definition) is 3. The molecule has 2 aromatic rings. The second-order valence-corrected chi connectivity index (χ2v) is 4.42. The Labute approximate surface area is 120 Å². The van der Waals surface area contributed by atoms with E-state index in [4.69, 9.17) is 11.6 Å². The molecule has 0 saturated heterocycles. The number of H-pyrrole nitrogens is 1. The van der Waals surface area contributed by atoms with Crippen LogP contribution in [0.3, 0.4) is 0 Å². The van der Waals surface area contributed by atoms with Crippen LogP contribution >= 0.6 is 11.6 Å². The molecule has 0 bridgehead atoms. The fraction of sp³-hybridized carbons (Fsp3) is 0.0833. The monoisotopic (exact) mass is 317 g/mol. The van der Waals surface area contributed by atoms with Crippen LogP contribution in [-0.2, 0) is 6.18 Å². The molecule has 0 aliphatic carbocycles. The largest absolute Gasteiger partial charge is 0.416 e. The van der Waals surface area contributed by atoms with Crippen molar-refractivity contribution in [2.75, 3.05) is 5.32 Å². The van der Waals surface area contributed by atoms with Crippen LogP contribution in [-0.4, -0.2) is 16.1 Å². The Morgan fingerprint density at radius 1 is 1.24 bits per heavy atom. The summed E-state index contributed by atoms with van der Waals surface area (Å²) in [7, 11) is 0. The molecule has 110 valence electrons. The average Bonchev–Trinajstić information content (AvgIpc) is 2.37. The lowest BCUT2D eigenvalue weighted by molar-refractivity contribution is -0.137. The van der Waals surface area contributed by atoms with Crippen molar-refractivity contribution in [2.24, 2.45) is 0 Å². The van der Waals surface area contributed by atoms with Gasteiger partial charge in [-0.15, -0.1) is 0 Å². The number of aromatic amines is 1. The van der Waals surface area contributed by atoms with Gasteiger partial charge in [0, 0.05) is 16.8 Å². The zero-order valence-corrected chi connectivity index (χ0v) is 10.9. The smallest absolute Gasteiger partial charge is 0.321 e. The van der Waals surface area contributed by atoms with Gasteiger partial charge in [-0.3, -0.25) is 9.59 Å². The third-order valence-corrected chi connectivity index (χ3v) is 2.61. The summed E-state index contributed by atoms with van der Waals surface area (Å²) in [5.74, 6) is -0.776. The maximum atomic E-state index is 12.6. The Kier molecular flexibility index (Phi) is 3.99. The molecule has 0 saturated carbocycles. The molecule has 0 aliphatic rings. The maximum absolute atomic E-state index is 12.6. The number of carbonyl (C=O) groups is 1. The fourth-order valence-electron chi connectivity index (χ4n) is 1.49. The average molecular weight is 318 g/mol. The van der Waals surface area contributed by atoms with Crippen LogP contribution in [0, 0.1) is 0 Å². The molecule has 0 unspecified atom stereocenters. The minimum Gasteiger partial charge on any atom is -0.321 e. The van der Waals surface area contributed by atoms with Gasteiger partial charge in [-0.05, 0) is 24.3 Å². The third-order valence-electron chi connectivity index (χ3n) is 2.39. The van der Waals surface area contributed by atoms with Crippen LogP contribution in [0.2, 0.25) is 5.02 Å². The van der Waals surface area contributed by atoms with Crippen LogP contribution in [0.1, 0.15) is 16.1 Å². The van der Waals surface area contributed by atoms with Crippen molar-refractivity contribution >= 4 is 23.2 Å². The number of amides is 1. The third kappa shape index (κ3) is 3.82. The Morgan fingerprint density at radius 2 is 1.95 bits per heavy atom. The summed E-state index contributed by atoms with van der Waals surface area (Å²) in [6.45, 7) is 0. The number of nitrogens with zero attached hydrogens (tertiary/aromatic N) is 1. The van der Waals surface area contributed by atoms with Gasteiger partial charge in [-0.2, -0.15) is 18.3 Å². The molecule has 0 atom stereocenters. The number of nitrogens with one attached hydrogen (secondary N) is 2. The highest BCUT2D eigenvalue weighted by molar-refractivity contribution is 6.31. The first kappa shape index (κ1) is 15.0. The molecule has 0 fully saturated rings. The zero-order chi connectivity index (χ0) is 15.6. The number of benzene rings is 1. The lowest BCUT2D eigenvalue weighted by Crippen LogP contribution is -2.18. The summed E-state index contributed by atoms with van der Waals surface area (Å²) >= 11 is 5.59. The Bertz CT molecular complexity index is 723. The fourth-order valence-corrected chi connectivity index (χ4v) is 1.73. The summed E-state index contributed by atoms with van der Waals surface area (Å²) in [5, 5.41) is 7.56. The van der Waals surface area contributed by atoms with Gasteiger partial charge >= 0.3 is 6.18 Å². The summed E-state index contributed by atoms with van der Waals surface area (Å²) in [6.07, 6.45) is -4.58. The van der Waals surface area contributed by atoms with E-state index in [2.05, 4.69) is 10.4 Å². The van der Waals surface area contributed by atoms with Crippen LogP contribution in [0.5, 0.6) is 0 Å². The number of carbonyl (C=O) groups excluding carboxylic acids is 1. The van der Waals surface area contributed by atoms with E-state index in [0.29, 0.717) is 0 Å². The van der Waals surface area contributed by atoms with E-state index in [1.54, 1.807) is 0 Å². The molecule has 1 aromatic carbocycles. The molecule has 1 amide bonds. The van der Waals surface area contributed by atoms with E-state index in [1.807, 2.05) is 5.10 Å². The summed E-state index contributed by atoms with van der Waals surface area (Å²) < 4.78 is 37.9. The highest BCUT2D eigenvalue weighted by Crippen LogP contribution is 2.33. The highest BCUT2D eigenvalue weighted by atomic mass is 35.5. The number of hydrogen-bond donors (Lipinski definition) is 2. The van der Waals surface area contributed by atoms with Crippen molar-refractivity contribution in [3.05, 3.63) is 57.0 Å². The predicted molar refractivity (Wildman–Crippen MR) is 69.3 cm³/mol. The summed E-state index contributed by atoms with van der Waals surface area (Å²) in [5.41, 5.74) is -1.77. The minimum absolute atomic E-state index is 0.132. The molecule has 0 radical (unpaired) electrons. The van der Waals surface area contributed by atoms with E-state index < -0.39 is 23.2 Å². The number of aromatic nitrogens is 2. The lowest BCUT2D eigenvalue weighted by Gasteiger charge is -2.10. The number of rotatable bonds is 2. The molecule has 1 aromatic heterocycles. The van der Waals surface area contributed by atoms with E-state index in [9.17, 15) is 22.8 Å². The Balaban J connectivity index is 2.27. The molecule has 2 N–H and O–H groups in total. The van der Waals surface area contributed by atoms with E-state index in [-0.39, 0.29) is 16.4 Å². The molecular formula is C12H7ClF3N3O2. The van der Waals surface area contributed by atoms with Crippen molar-refractivity contribution in [1.82, 2.24) is 10.2 Å². The first-order valence-corrected chi connectivity index (χ1v) is 5.88. The van der Waals surface area contributed by atoms with Gasteiger partial charge < -0.3 is 5.32 Å². The first-order chi connectivity index (χ1) is 9.75. The quantitative estimate of drug-likeness (QED) is 0.894. The number of anilines is 1. The van der Waals surface area contributed by atoms with Crippen molar-refractivity contribution in [3.63, 3.8) is 0 Å². The Morgan fingerprint density at radius 3 is 2.52 bits per heavy atom. The maximum Gasteiger partial charge on any atom is 0.416 e. The zero-order valence-electron chi connectivity index (χ0n) is 10.2. The minimum atomic E-state index is -4.58. The topological polar surface area (TPSA) is 74.8 Å². The molecule has 9 heteroatoms. The molecule has 2 rings (SSSR count). The van der Waals surface area contributed by atoms with Crippen LogP contribution < -0.4 is 10.9 Å². The normalized spacial score (nSPS) is 11.2.